The summed E-state index contributed by atoms with van der Waals surface area (Å²) in [7, 11) is 6.59. The second-order valence-corrected chi connectivity index (χ2v) is 15.3. The van der Waals surface area contributed by atoms with E-state index in [4.69, 9.17) is 50.3 Å². The van der Waals surface area contributed by atoms with Gasteiger partial charge in [-0.1, -0.05) is 54.1 Å². The molecule has 2 radical (unpaired) electrons. The third-order valence-electron chi connectivity index (χ3n) is 7.06. The average molecular weight is 782 g/mol. The third-order valence-corrected chi connectivity index (χ3v) is 9.89. The van der Waals surface area contributed by atoms with Crippen molar-refractivity contribution in [3.63, 3.8) is 0 Å². The number of anilines is 1. The number of thioether (sulfide) groups is 1. The minimum atomic E-state index is -1.34. The van der Waals surface area contributed by atoms with Crippen LogP contribution in [0.5, 0.6) is 5.75 Å². The first-order valence-electron chi connectivity index (χ1n) is 15.2. The van der Waals surface area contributed by atoms with E-state index in [0.717, 1.165) is 11.3 Å². The number of rotatable bonds is 13. The smallest absolute Gasteiger partial charge is 0.413 e. The molecule has 15 nitrogen and oxygen atoms in total. The lowest BCUT2D eigenvalue weighted by Gasteiger charge is -2.49. The molecule has 2 aliphatic heterocycles. The van der Waals surface area contributed by atoms with Crippen molar-refractivity contribution in [1.29, 1.82) is 0 Å². The van der Waals surface area contributed by atoms with Gasteiger partial charge >= 0.3 is 26.1 Å². The van der Waals surface area contributed by atoms with Crippen LogP contribution in [0.1, 0.15) is 45.9 Å². The number of halogens is 2. The molecule has 2 unspecified atom stereocenters. The number of fused-ring (bicyclic) bond motifs is 1. The molecule has 0 spiro atoms. The van der Waals surface area contributed by atoms with Crippen LogP contribution < -0.4 is 15.4 Å². The molecule has 2 aliphatic rings. The summed E-state index contributed by atoms with van der Waals surface area (Å²) in [6, 6.07) is 5.77. The molecule has 3 atom stereocenters. The highest BCUT2D eigenvalue weighted by molar-refractivity contribution is 8.00. The number of hydrogen-bond donors (Lipinski definition) is 2. The minimum Gasteiger partial charge on any atom is -0.541 e. The molecule has 0 bridgehead atoms. The first-order chi connectivity index (χ1) is 24.1. The molecule has 272 valence electrons. The van der Waals surface area contributed by atoms with E-state index >= 15 is 0 Å². The van der Waals surface area contributed by atoms with Crippen molar-refractivity contribution in [3.05, 3.63) is 51.1 Å². The fourth-order valence-corrected chi connectivity index (χ4v) is 7.33. The molecule has 3 heterocycles. The van der Waals surface area contributed by atoms with E-state index in [1.165, 1.54) is 23.8 Å². The molecule has 2 aromatic rings. The molecule has 0 saturated carbocycles. The second kappa shape index (κ2) is 17.0. The van der Waals surface area contributed by atoms with Crippen LogP contribution in [-0.2, 0) is 44.8 Å². The molecular formula is C31H34BCl2N5O10S2. The molecule has 1 fully saturated rings. The summed E-state index contributed by atoms with van der Waals surface area (Å²) in [5.74, 6) is -2.95. The Balaban J connectivity index is 1.56. The summed E-state index contributed by atoms with van der Waals surface area (Å²) >= 11 is 14.7. The van der Waals surface area contributed by atoms with E-state index in [1.54, 1.807) is 58.9 Å². The average Bonchev–Trinajstić information content (AvgIpc) is 3.44. The van der Waals surface area contributed by atoms with E-state index in [0.29, 0.717) is 16.9 Å². The number of β-lactam (4-membered cyclic amide) rings is 1. The van der Waals surface area contributed by atoms with Crippen molar-refractivity contribution >= 4 is 95.0 Å². The number of carbonyl (C=O) groups is 5. The summed E-state index contributed by atoms with van der Waals surface area (Å²) in [6.07, 6.45) is -2.17. The summed E-state index contributed by atoms with van der Waals surface area (Å²) in [4.78, 5) is 76.1. The fraction of sp³-hybridized carbons (Fsp3) is 0.452. The Labute approximate surface area is 313 Å². The number of nitrogens with one attached hydrogen (secondary N) is 2. The Kier molecular flexibility index (Phi) is 13.3. The highest BCUT2D eigenvalue weighted by Crippen LogP contribution is 2.41. The molecule has 20 heteroatoms. The van der Waals surface area contributed by atoms with E-state index in [1.807, 2.05) is 0 Å². The zero-order valence-electron chi connectivity index (χ0n) is 28.3. The number of methoxy groups -OCH3 is 1. The molecule has 51 heavy (non-hydrogen) atoms. The summed E-state index contributed by atoms with van der Waals surface area (Å²) < 4.78 is 20.1. The standard InChI is InChI=1S/C31H34BCl2N5O10S2/c1-14(2)22(28(43)48-32)49-38-19(18-23(34)51-29(36-18)37-30(44)47-31(3,4)5)24(40)35-20-25(41)39-21(16(11-33)13-50-26(20)39)27(42)46-12-15-7-9-17(45-6)10-8-15/h7-10,14,20,22,26H,11-13H2,1-6H3,(H,35,40)(H,36,37,44)/b38-19-/t20?,22-,26?/m0/s1. The van der Waals surface area contributed by atoms with Gasteiger partial charge in [-0.05, 0) is 44.0 Å². The molecule has 1 saturated heterocycles. The topological polar surface area (TPSA) is 184 Å². The molecule has 2 N–H and O–H groups in total. The maximum absolute atomic E-state index is 13.8. The van der Waals surface area contributed by atoms with Crippen molar-refractivity contribution in [2.45, 2.75) is 64.3 Å². The lowest BCUT2D eigenvalue weighted by Crippen LogP contribution is -2.71. The molecule has 4 rings (SSSR count). The zero-order valence-corrected chi connectivity index (χ0v) is 31.5. The molecule has 1 aromatic carbocycles. The van der Waals surface area contributed by atoms with Crippen molar-refractivity contribution < 1.29 is 47.7 Å². The van der Waals surface area contributed by atoms with Gasteiger partial charge in [0.25, 0.3) is 11.8 Å². The summed E-state index contributed by atoms with van der Waals surface area (Å²) in [5, 5.41) is 8.17. The quantitative estimate of drug-likeness (QED) is 0.0740. The predicted octanol–water partition coefficient (Wildman–Crippen LogP) is 4.16. The van der Waals surface area contributed by atoms with Gasteiger partial charge in [-0.3, -0.25) is 19.8 Å². The Morgan fingerprint density at radius 3 is 2.45 bits per heavy atom. The highest BCUT2D eigenvalue weighted by atomic mass is 35.5. The number of amides is 3. The first kappa shape index (κ1) is 39.8. The summed E-state index contributed by atoms with van der Waals surface area (Å²) in [6.45, 7) is 8.19. The largest absolute Gasteiger partial charge is 0.541 e. The van der Waals surface area contributed by atoms with Crippen LogP contribution >= 0.6 is 46.3 Å². The van der Waals surface area contributed by atoms with Crippen LogP contribution in [0.3, 0.4) is 0 Å². The van der Waals surface area contributed by atoms with Crippen LogP contribution in [0.4, 0.5) is 9.93 Å². The number of alkyl halides is 1. The maximum Gasteiger partial charge on any atom is 0.413 e. The van der Waals surface area contributed by atoms with E-state index < -0.39 is 64.6 Å². The van der Waals surface area contributed by atoms with Crippen LogP contribution in [0.2, 0.25) is 4.34 Å². The molecule has 1 aromatic heterocycles. The van der Waals surface area contributed by atoms with Gasteiger partial charge in [0.1, 0.15) is 45.1 Å². The molecular weight excluding hydrogens is 748 g/mol. The van der Waals surface area contributed by atoms with Gasteiger partial charge in [0.05, 0.1) is 7.11 Å². The lowest BCUT2D eigenvalue weighted by molar-refractivity contribution is -0.153. The van der Waals surface area contributed by atoms with Crippen LogP contribution in [0.25, 0.3) is 0 Å². The Hall–Kier alpha value is -4.00. The number of thiazole rings is 1. The zero-order chi connectivity index (χ0) is 37.6. The van der Waals surface area contributed by atoms with Gasteiger partial charge < -0.3 is 29.0 Å². The highest BCUT2D eigenvalue weighted by Gasteiger charge is 2.54. The number of esters is 1. The number of ether oxygens (including phenoxy) is 3. The van der Waals surface area contributed by atoms with E-state index in [-0.39, 0.29) is 39.1 Å². The van der Waals surface area contributed by atoms with Crippen LogP contribution in [0.15, 0.2) is 40.7 Å². The normalized spacial score (nSPS) is 17.9. The van der Waals surface area contributed by atoms with Crippen LogP contribution in [-0.4, -0.2) is 95.4 Å². The van der Waals surface area contributed by atoms with Gasteiger partial charge in [-0.15, -0.1) is 23.4 Å². The van der Waals surface area contributed by atoms with Crippen LogP contribution in [0, 0.1) is 5.92 Å². The molecule has 3 amide bonds. The number of carbonyl (C=O) groups excluding carboxylic acids is 5. The number of aromatic nitrogens is 1. The molecule has 0 aliphatic carbocycles. The Bertz CT molecular complexity index is 1730. The monoisotopic (exact) mass is 781 g/mol. The first-order valence-corrected chi connectivity index (χ1v) is 18.0. The van der Waals surface area contributed by atoms with Crippen molar-refractivity contribution in [1.82, 2.24) is 15.2 Å². The van der Waals surface area contributed by atoms with Gasteiger partial charge in [0.15, 0.2) is 10.8 Å². The maximum atomic E-state index is 13.8. The lowest BCUT2D eigenvalue weighted by atomic mass is 10.0. The number of hydrogen-bond acceptors (Lipinski definition) is 14. The van der Waals surface area contributed by atoms with Crippen molar-refractivity contribution in [2.24, 2.45) is 11.1 Å². The van der Waals surface area contributed by atoms with Gasteiger partial charge in [0, 0.05) is 17.6 Å². The number of nitrogens with zero attached hydrogens (tertiary/aromatic N) is 3. The Morgan fingerprint density at radius 2 is 1.86 bits per heavy atom. The van der Waals surface area contributed by atoms with E-state index in [9.17, 15) is 24.0 Å². The predicted molar refractivity (Wildman–Crippen MR) is 191 cm³/mol. The summed E-state index contributed by atoms with van der Waals surface area (Å²) in [5.41, 5.74) is -0.413. The third kappa shape index (κ3) is 9.67. The van der Waals surface area contributed by atoms with Gasteiger partial charge in [-0.2, -0.15) is 0 Å². The number of benzene rings is 1. The fourth-order valence-electron chi connectivity index (χ4n) is 4.62. The van der Waals surface area contributed by atoms with Gasteiger partial charge in [0.2, 0.25) is 6.10 Å². The minimum absolute atomic E-state index is 0.00420. The SMILES string of the molecule is [B]OC(=O)[C@@H](O/N=C(\C(=O)NC1C(=O)N2C(C(=O)OCc3ccc(OC)cc3)=C(CCl)CSC12)c1nc(NC(=O)OC(C)(C)C)sc1Cl)C(C)C. The van der Waals surface area contributed by atoms with Crippen molar-refractivity contribution in [3.8, 4) is 5.75 Å². The number of oxime groups is 1. The van der Waals surface area contributed by atoms with Gasteiger partial charge in [-0.25, -0.2) is 19.4 Å². The second-order valence-electron chi connectivity index (χ2n) is 12.3. The van der Waals surface area contributed by atoms with Crippen molar-refractivity contribution in [2.75, 3.05) is 24.1 Å². The Morgan fingerprint density at radius 1 is 1.18 bits per heavy atom. The van der Waals surface area contributed by atoms with E-state index in [2.05, 4.69) is 25.4 Å².